The van der Waals surface area contributed by atoms with Gasteiger partial charge in [-0.3, -0.25) is 4.79 Å². The molecule has 0 aliphatic carbocycles. The second-order valence-corrected chi connectivity index (χ2v) is 12.5. The van der Waals surface area contributed by atoms with Crippen LogP contribution in [0.4, 0.5) is 0 Å². The zero-order valence-corrected chi connectivity index (χ0v) is 15.4. The smallest absolute Gasteiger partial charge is 0.215 e. The Labute approximate surface area is 136 Å². The standard InChI is InChI=1S/C13H16N2O5S3/c1-21(2,17)14-13(15-22(3,4)18)12-11(16)9-7-5-6-8-10(9)23(12,19)20/h5-8H,1-4H3. The summed E-state index contributed by atoms with van der Waals surface area (Å²) < 4.78 is 56.7. The van der Waals surface area contributed by atoms with Crippen LogP contribution in [0.5, 0.6) is 0 Å². The number of nitrogens with zero attached hydrogens (tertiary/aromatic N) is 2. The molecule has 1 aliphatic rings. The first-order valence-electron chi connectivity index (χ1n) is 6.30. The topological polar surface area (TPSA) is 110 Å². The van der Waals surface area contributed by atoms with Crippen LogP contribution in [0.15, 0.2) is 48.6 Å². The summed E-state index contributed by atoms with van der Waals surface area (Å²) in [5.74, 6) is -1.33. The van der Waals surface area contributed by atoms with Crippen LogP contribution in [0.2, 0.25) is 0 Å². The highest BCUT2D eigenvalue weighted by atomic mass is 32.2. The fourth-order valence-corrected chi connectivity index (χ4v) is 4.86. The van der Waals surface area contributed by atoms with Crippen LogP contribution < -0.4 is 0 Å². The molecule has 126 valence electrons. The van der Waals surface area contributed by atoms with Gasteiger partial charge in [-0.15, -0.1) is 0 Å². The summed E-state index contributed by atoms with van der Waals surface area (Å²) in [6.45, 7) is 0. The van der Waals surface area contributed by atoms with E-state index in [-0.39, 0.29) is 10.5 Å². The predicted octanol–water partition coefficient (Wildman–Crippen LogP) is 1.28. The van der Waals surface area contributed by atoms with Crippen molar-refractivity contribution in [1.82, 2.24) is 0 Å². The summed E-state index contributed by atoms with van der Waals surface area (Å²) in [4.78, 5) is 11.7. The van der Waals surface area contributed by atoms with E-state index in [1.807, 2.05) is 0 Å². The largest absolute Gasteiger partial charge is 0.288 e. The number of carbonyl (C=O) groups excluding carboxylic acids is 1. The number of benzene rings is 1. The van der Waals surface area contributed by atoms with Crippen molar-refractivity contribution in [3.05, 3.63) is 40.6 Å². The molecule has 0 N–H and O–H groups in total. The van der Waals surface area contributed by atoms with Gasteiger partial charge in [0, 0.05) is 50.0 Å². The molecule has 0 fully saturated rings. The van der Waals surface area contributed by atoms with E-state index in [0.29, 0.717) is 0 Å². The Hall–Kier alpha value is -1.52. The molecular formula is C13H16N2O5S3. The molecule has 0 radical (unpaired) electrons. The van der Waals surface area contributed by atoms with E-state index in [4.69, 9.17) is 0 Å². The van der Waals surface area contributed by atoms with E-state index in [1.54, 1.807) is 0 Å². The third kappa shape index (κ3) is 3.70. The van der Waals surface area contributed by atoms with Gasteiger partial charge in [0.25, 0.3) is 0 Å². The van der Waals surface area contributed by atoms with Crippen molar-refractivity contribution in [2.75, 3.05) is 25.0 Å². The fraction of sp³-hybridized carbons (Fsp3) is 0.308. The molecule has 0 unspecified atom stereocenters. The lowest BCUT2D eigenvalue weighted by atomic mass is 10.1. The third-order valence-electron chi connectivity index (χ3n) is 2.71. The molecule has 0 saturated carbocycles. The van der Waals surface area contributed by atoms with Gasteiger partial charge in [-0.2, -0.15) is 8.73 Å². The van der Waals surface area contributed by atoms with E-state index < -0.39 is 45.8 Å². The number of rotatable bonds is 2. The Morgan fingerprint density at radius 1 is 0.957 bits per heavy atom. The average Bonchev–Trinajstić information content (AvgIpc) is 2.53. The molecule has 7 nitrogen and oxygen atoms in total. The van der Waals surface area contributed by atoms with Gasteiger partial charge in [-0.1, -0.05) is 12.1 Å². The van der Waals surface area contributed by atoms with Crippen LogP contribution in [0, 0.1) is 0 Å². The summed E-state index contributed by atoms with van der Waals surface area (Å²) in [6.07, 6.45) is 5.09. The van der Waals surface area contributed by atoms with Crippen molar-refractivity contribution < 1.29 is 21.6 Å². The van der Waals surface area contributed by atoms with Gasteiger partial charge < -0.3 is 0 Å². The monoisotopic (exact) mass is 376 g/mol. The molecule has 0 bridgehead atoms. The summed E-state index contributed by atoms with van der Waals surface area (Å²) in [5, 5.41) is 0. The molecule has 1 aliphatic heterocycles. The summed E-state index contributed by atoms with van der Waals surface area (Å²) in [6, 6.07) is 5.71. The molecule has 0 amide bonds. The third-order valence-corrected chi connectivity index (χ3v) is 5.78. The van der Waals surface area contributed by atoms with E-state index in [0.717, 1.165) is 0 Å². The van der Waals surface area contributed by atoms with Crippen molar-refractivity contribution in [3.63, 3.8) is 0 Å². The van der Waals surface area contributed by atoms with Gasteiger partial charge in [0.15, 0.2) is 10.7 Å². The fourth-order valence-electron chi connectivity index (χ4n) is 1.98. The van der Waals surface area contributed by atoms with Gasteiger partial charge in [0.1, 0.15) is 0 Å². The number of Topliss-reactive ketones (excluding diaryl/α,β-unsaturated/α-hetero) is 1. The van der Waals surface area contributed by atoms with E-state index >= 15 is 0 Å². The van der Waals surface area contributed by atoms with E-state index in [2.05, 4.69) is 8.73 Å². The first-order chi connectivity index (χ1) is 10.3. The highest BCUT2D eigenvalue weighted by Crippen LogP contribution is 2.36. The Morgan fingerprint density at radius 3 is 1.87 bits per heavy atom. The average molecular weight is 376 g/mol. The molecule has 10 heteroatoms. The van der Waals surface area contributed by atoms with Gasteiger partial charge in [-0.05, 0) is 12.1 Å². The molecule has 1 aromatic carbocycles. The van der Waals surface area contributed by atoms with Crippen LogP contribution in [0.25, 0.3) is 0 Å². The minimum Gasteiger partial charge on any atom is -0.288 e. The normalized spacial score (nSPS) is 16.9. The molecule has 2 rings (SSSR count). The molecular weight excluding hydrogens is 360 g/mol. The molecule has 23 heavy (non-hydrogen) atoms. The molecule has 0 atom stereocenters. The maximum absolute atomic E-state index is 12.6. The van der Waals surface area contributed by atoms with Gasteiger partial charge in [0.05, 0.1) is 4.90 Å². The second kappa shape index (κ2) is 5.53. The van der Waals surface area contributed by atoms with Crippen molar-refractivity contribution >= 4 is 35.1 Å². The number of hydrogen-bond acceptors (Lipinski definition) is 7. The maximum atomic E-state index is 12.6. The summed E-state index contributed by atoms with van der Waals surface area (Å²) >= 11 is 0. The van der Waals surface area contributed by atoms with Crippen LogP contribution in [0.1, 0.15) is 10.4 Å². The SMILES string of the molecule is CS(C)(=O)=NC(N=S(C)(C)=O)=C1C(=O)c2ccccc2S1(=O)=O. The van der Waals surface area contributed by atoms with Gasteiger partial charge in [-0.25, -0.2) is 16.8 Å². The number of carbonyl (C=O) groups is 1. The zero-order valence-electron chi connectivity index (χ0n) is 13.0. The second-order valence-electron chi connectivity index (χ2n) is 5.53. The Morgan fingerprint density at radius 2 is 1.43 bits per heavy atom. The van der Waals surface area contributed by atoms with Gasteiger partial charge in [0.2, 0.25) is 15.6 Å². The molecule has 1 heterocycles. The number of hydrogen-bond donors (Lipinski definition) is 0. The van der Waals surface area contributed by atoms with E-state index in [1.165, 1.54) is 49.3 Å². The number of ketones is 1. The molecule has 0 aromatic heterocycles. The van der Waals surface area contributed by atoms with Crippen molar-refractivity contribution in [2.24, 2.45) is 8.73 Å². The number of fused-ring (bicyclic) bond motifs is 1. The lowest BCUT2D eigenvalue weighted by molar-refractivity contribution is 0.104. The van der Waals surface area contributed by atoms with Crippen LogP contribution in [0.3, 0.4) is 0 Å². The Balaban J connectivity index is 2.99. The Kier molecular flexibility index (Phi) is 4.29. The lowest BCUT2D eigenvalue weighted by Gasteiger charge is -2.03. The minimum atomic E-state index is -4.15. The molecule has 0 spiro atoms. The van der Waals surface area contributed by atoms with Crippen molar-refractivity contribution in [1.29, 1.82) is 0 Å². The highest BCUT2D eigenvalue weighted by molar-refractivity contribution is 7.97. The first-order valence-corrected chi connectivity index (χ1v) is 12.4. The van der Waals surface area contributed by atoms with Crippen molar-refractivity contribution in [2.45, 2.75) is 4.90 Å². The highest BCUT2D eigenvalue weighted by Gasteiger charge is 2.42. The van der Waals surface area contributed by atoms with Gasteiger partial charge >= 0.3 is 0 Å². The minimum absolute atomic E-state index is 0.00260. The number of sulfone groups is 1. The van der Waals surface area contributed by atoms with Crippen LogP contribution >= 0.6 is 0 Å². The van der Waals surface area contributed by atoms with Crippen LogP contribution in [-0.2, 0) is 29.3 Å². The van der Waals surface area contributed by atoms with Crippen molar-refractivity contribution in [3.8, 4) is 0 Å². The van der Waals surface area contributed by atoms with E-state index in [9.17, 15) is 21.6 Å². The summed E-state index contributed by atoms with van der Waals surface area (Å²) in [7, 11) is -9.77. The lowest BCUT2D eigenvalue weighted by Crippen LogP contribution is -2.08. The van der Waals surface area contributed by atoms with Crippen LogP contribution in [-0.4, -0.2) is 47.6 Å². The molecule has 1 aromatic rings. The maximum Gasteiger partial charge on any atom is 0.215 e. The number of allylic oxidation sites excluding steroid dienone is 1. The summed E-state index contributed by atoms with van der Waals surface area (Å²) in [5.41, 5.74) is 0.00260. The Bertz CT molecular complexity index is 1030. The quantitative estimate of drug-likeness (QED) is 0.722. The predicted molar refractivity (Wildman–Crippen MR) is 89.8 cm³/mol. The molecule has 0 saturated heterocycles. The zero-order chi connectivity index (χ0) is 17.6. The first kappa shape index (κ1) is 17.8.